The van der Waals surface area contributed by atoms with E-state index >= 15 is 0 Å². The molecular weight excluding hydrogens is 383 g/mol. The van der Waals surface area contributed by atoms with E-state index in [4.69, 9.17) is 16.4 Å². The Morgan fingerprint density at radius 2 is 2.00 bits per heavy atom. The summed E-state index contributed by atoms with van der Waals surface area (Å²) in [7, 11) is 1.77. The first-order valence-electron chi connectivity index (χ1n) is 8.59. The molecule has 6 nitrogen and oxygen atoms in total. The molecule has 0 fully saturated rings. The van der Waals surface area contributed by atoms with Crippen LogP contribution in [0.3, 0.4) is 0 Å². The molecule has 0 radical (unpaired) electrons. The summed E-state index contributed by atoms with van der Waals surface area (Å²) in [5.41, 5.74) is 2.90. The van der Waals surface area contributed by atoms with Gasteiger partial charge in [-0.15, -0.1) is 0 Å². The number of carbonyl (C=O) groups is 1. The van der Waals surface area contributed by atoms with E-state index in [1.807, 2.05) is 18.2 Å². The highest BCUT2D eigenvalue weighted by atomic mass is 35.5. The number of anilines is 1. The topological polar surface area (TPSA) is 68.5 Å². The van der Waals surface area contributed by atoms with Gasteiger partial charge in [-0.1, -0.05) is 35.0 Å². The van der Waals surface area contributed by atoms with Crippen molar-refractivity contribution in [3.63, 3.8) is 0 Å². The lowest BCUT2D eigenvalue weighted by Gasteiger charge is -2.10. The Balaban J connectivity index is 1.45. The third-order valence-electron chi connectivity index (χ3n) is 4.51. The number of hydrogen-bond acceptors (Lipinski definition) is 4. The number of carbonyl (C=O) groups excluding carboxylic acids is 1. The van der Waals surface area contributed by atoms with Crippen LogP contribution in [0.2, 0.25) is 5.02 Å². The number of oxime groups is 1. The van der Waals surface area contributed by atoms with E-state index in [0.717, 1.165) is 16.8 Å². The molecule has 2 aromatic carbocycles. The predicted molar refractivity (Wildman–Crippen MR) is 105 cm³/mol. The Hall–Kier alpha value is -3.19. The summed E-state index contributed by atoms with van der Waals surface area (Å²) in [6, 6.07) is 13.3. The molecule has 2 heterocycles. The van der Waals surface area contributed by atoms with Crippen molar-refractivity contribution >= 4 is 29.2 Å². The molecule has 4 rings (SSSR count). The summed E-state index contributed by atoms with van der Waals surface area (Å²) in [6.45, 7) is 0. The molecule has 1 N–H and O–H groups in total. The van der Waals surface area contributed by atoms with Gasteiger partial charge in [0.15, 0.2) is 0 Å². The summed E-state index contributed by atoms with van der Waals surface area (Å²) < 4.78 is 14.8. The molecule has 0 spiro atoms. The largest absolute Gasteiger partial charge is 0.382 e. The molecule has 142 valence electrons. The zero-order valence-electron chi connectivity index (χ0n) is 14.9. The van der Waals surface area contributed by atoms with Crippen LogP contribution in [0.1, 0.15) is 12.0 Å². The third kappa shape index (κ3) is 3.48. The smallest absolute Gasteiger partial charge is 0.271 e. The minimum atomic E-state index is -0.766. The Bertz CT molecular complexity index is 1060. The van der Waals surface area contributed by atoms with Crippen LogP contribution in [0.15, 0.2) is 59.9 Å². The van der Waals surface area contributed by atoms with Crippen molar-refractivity contribution in [2.75, 3.05) is 5.32 Å². The van der Waals surface area contributed by atoms with E-state index in [1.54, 1.807) is 36.0 Å². The highest BCUT2D eigenvalue weighted by molar-refractivity contribution is 6.34. The monoisotopic (exact) mass is 398 g/mol. The third-order valence-corrected chi connectivity index (χ3v) is 4.84. The van der Waals surface area contributed by atoms with Gasteiger partial charge in [-0.3, -0.25) is 10.1 Å². The number of hydrogen-bond donors (Lipinski definition) is 1. The van der Waals surface area contributed by atoms with Gasteiger partial charge in [0.1, 0.15) is 5.82 Å². The van der Waals surface area contributed by atoms with Crippen molar-refractivity contribution in [2.45, 2.75) is 12.5 Å². The lowest BCUT2D eigenvalue weighted by molar-refractivity contribution is -0.125. The molecule has 3 aromatic rings. The van der Waals surface area contributed by atoms with E-state index in [2.05, 4.69) is 15.5 Å². The molecular formula is C20H16ClFN4O2. The number of benzene rings is 2. The Morgan fingerprint density at radius 1 is 1.25 bits per heavy atom. The lowest BCUT2D eigenvalue weighted by atomic mass is 10.0. The Kier molecular flexibility index (Phi) is 4.83. The molecule has 0 saturated heterocycles. The highest BCUT2D eigenvalue weighted by Gasteiger charge is 2.30. The number of rotatable bonds is 4. The minimum Gasteiger partial charge on any atom is -0.382 e. The minimum absolute atomic E-state index is 0.310. The number of nitrogens with zero attached hydrogens (tertiary/aromatic N) is 3. The fourth-order valence-electron chi connectivity index (χ4n) is 2.98. The van der Waals surface area contributed by atoms with Crippen molar-refractivity contribution in [1.29, 1.82) is 0 Å². The molecule has 0 aliphatic carbocycles. The maximum absolute atomic E-state index is 13.1. The van der Waals surface area contributed by atoms with Crippen LogP contribution in [0.5, 0.6) is 0 Å². The Morgan fingerprint density at radius 3 is 2.75 bits per heavy atom. The van der Waals surface area contributed by atoms with Gasteiger partial charge >= 0.3 is 0 Å². The second kappa shape index (κ2) is 7.44. The van der Waals surface area contributed by atoms with Crippen LogP contribution < -0.4 is 5.32 Å². The van der Waals surface area contributed by atoms with Gasteiger partial charge in [0, 0.05) is 29.6 Å². The summed E-state index contributed by atoms with van der Waals surface area (Å²) in [6.07, 6.45) is 1.16. The first-order chi connectivity index (χ1) is 13.5. The molecule has 1 atom stereocenters. The summed E-state index contributed by atoms with van der Waals surface area (Å²) >= 11 is 6.18. The van der Waals surface area contributed by atoms with Crippen LogP contribution in [0, 0.1) is 5.82 Å². The lowest BCUT2D eigenvalue weighted by Crippen LogP contribution is -2.29. The normalized spacial score (nSPS) is 15.8. The van der Waals surface area contributed by atoms with Gasteiger partial charge in [0.05, 0.1) is 17.6 Å². The van der Waals surface area contributed by atoms with Crippen LogP contribution >= 0.6 is 11.6 Å². The first kappa shape index (κ1) is 18.2. The molecule has 8 heteroatoms. The van der Waals surface area contributed by atoms with Crippen molar-refractivity contribution in [2.24, 2.45) is 12.2 Å². The predicted octanol–water partition coefficient (Wildman–Crippen LogP) is 4.01. The number of amides is 1. The van der Waals surface area contributed by atoms with E-state index in [9.17, 15) is 9.18 Å². The van der Waals surface area contributed by atoms with Crippen LogP contribution in [0.4, 0.5) is 10.3 Å². The van der Waals surface area contributed by atoms with Crippen molar-refractivity contribution < 1.29 is 14.0 Å². The molecule has 1 amide bonds. The van der Waals surface area contributed by atoms with Gasteiger partial charge in [-0.2, -0.15) is 0 Å². The zero-order valence-corrected chi connectivity index (χ0v) is 15.7. The number of imidazole rings is 1. The highest BCUT2D eigenvalue weighted by Crippen LogP contribution is 2.25. The first-order valence-corrected chi connectivity index (χ1v) is 8.97. The van der Waals surface area contributed by atoms with Crippen molar-refractivity contribution in [1.82, 2.24) is 9.55 Å². The van der Waals surface area contributed by atoms with E-state index in [-0.39, 0.29) is 11.7 Å². The SMILES string of the molecule is Cn1c(-c2ccc(F)cc2)cnc1NC(=O)[C@H]1CC(c2ccccc2Cl)=NO1. The van der Waals surface area contributed by atoms with E-state index < -0.39 is 6.10 Å². The molecule has 1 aromatic heterocycles. The maximum Gasteiger partial charge on any atom is 0.271 e. The standard InChI is InChI=1S/C20H16ClFN4O2/c1-26-17(12-6-8-13(22)9-7-12)11-23-20(26)24-19(27)18-10-16(25-28-18)14-4-2-3-5-15(14)21/h2-9,11,18H,10H2,1H3,(H,23,24,27)/t18-/m1/s1. The average Bonchev–Trinajstić information content (AvgIpc) is 3.31. The average molecular weight is 399 g/mol. The number of nitrogens with one attached hydrogen (secondary N) is 1. The van der Waals surface area contributed by atoms with Gasteiger partial charge in [-0.25, -0.2) is 9.37 Å². The zero-order chi connectivity index (χ0) is 19.7. The molecule has 0 saturated carbocycles. The van der Waals surface area contributed by atoms with Crippen molar-refractivity contribution in [3.8, 4) is 11.3 Å². The molecule has 28 heavy (non-hydrogen) atoms. The fraction of sp³-hybridized carbons (Fsp3) is 0.150. The summed E-state index contributed by atoms with van der Waals surface area (Å²) in [4.78, 5) is 22.1. The van der Waals surface area contributed by atoms with E-state index in [0.29, 0.717) is 23.1 Å². The summed E-state index contributed by atoms with van der Waals surface area (Å²) in [5.74, 6) is -0.309. The second-order valence-corrected chi connectivity index (χ2v) is 6.75. The molecule has 1 aliphatic rings. The number of aromatic nitrogens is 2. The quantitative estimate of drug-likeness (QED) is 0.722. The van der Waals surface area contributed by atoms with E-state index in [1.165, 1.54) is 12.1 Å². The van der Waals surface area contributed by atoms with Gasteiger partial charge in [-0.05, 0) is 30.3 Å². The maximum atomic E-state index is 13.1. The molecule has 1 aliphatic heterocycles. The van der Waals surface area contributed by atoms with Gasteiger partial charge in [0.2, 0.25) is 12.1 Å². The van der Waals surface area contributed by atoms with Crippen LogP contribution in [-0.4, -0.2) is 27.3 Å². The van der Waals surface area contributed by atoms with Crippen molar-refractivity contribution in [3.05, 3.63) is 71.1 Å². The van der Waals surface area contributed by atoms with Crippen LogP contribution in [0.25, 0.3) is 11.3 Å². The number of halogens is 2. The van der Waals surface area contributed by atoms with Crippen LogP contribution in [-0.2, 0) is 16.7 Å². The Labute approximate surface area is 165 Å². The molecule has 0 unspecified atom stereocenters. The van der Waals surface area contributed by atoms with Gasteiger partial charge < -0.3 is 9.40 Å². The van der Waals surface area contributed by atoms with Gasteiger partial charge in [0.25, 0.3) is 5.91 Å². The fourth-order valence-corrected chi connectivity index (χ4v) is 3.22. The second-order valence-electron chi connectivity index (χ2n) is 6.34. The summed E-state index contributed by atoms with van der Waals surface area (Å²) in [5, 5.41) is 7.31. The molecule has 0 bridgehead atoms.